The van der Waals surface area contributed by atoms with Crippen molar-refractivity contribution in [1.82, 2.24) is 10.6 Å². The van der Waals surface area contributed by atoms with Crippen molar-refractivity contribution in [1.29, 1.82) is 0 Å². The van der Waals surface area contributed by atoms with Crippen molar-refractivity contribution < 1.29 is 4.79 Å². The number of amides is 2. The lowest BCUT2D eigenvalue weighted by molar-refractivity contribution is 0.234. The maximum absolute atomic E-state index is 11.8. The second kappa shape index (κ2) is 6.78. The normalized spacial score (nSPS) is 14.5. The fraction of sp³-hybridized carbons (Fsp3) is 0.588. The Hall–Kier alpha value is -1.51. The van der Waals surface area contributed by atoms with Crippen LogP contribution in [-0.2, 0) is 5.41 Å². The SMILES string of the molecule is CC[C@@H](C)NC(=O)N[C@H](C)c1ccc(C(C)(C)C)cc1. The summed E-state index contributed by atoms with van der Waals surface area (Å²) in [4.78, 5) is 11.8. The van der Waals surface area contributed by atoms with Gasteiger partial charge < -0.3 is 10.6 Å². The maximum atomic E-state index is 11.8. The summed E-state index contributed by atoms with van der Waals surface area (Å²) in [7, 11) is 0. The number of hydrogen-bond donors (Lipinski definition) is 2. The van der Waals surface area contributed by atoms with Gasteiger partial charge in [-0.1, -0.05) is 52.0 Å². The van der Waals surface area contributed by atoms with Gasteiger partial charge in [-0.15, -0.1) is 0 Å². The molecule has 2 N–H and O–H groups in total. The smallest absolute Gasteiger partial charge is 0.315 e. The molecule has 112 valence electrons. The van der Waals surface area contributed by atoms with E-state index in [-0.39, 0.29) is 23.5 Å². The molecule has 0 aromatic heterocycles. The molecular weight excluding hydrogens is 248 g/mol. The minimum atomic E-state index is -0.105. The van der Waals surface area contributed by atoms with Crippen molar-refractivity contribution in [2.75, 3.05) is 0 Å². The molecular formula is C17H28N2O. The van der Waals surface area contributed by atoms with Crippen LogP contribution in [0.15, 0.2) is 24.3 Å². The van der Waals surface area contributed by atoms with Crippen LogP contribution in [0.3, 0.4) is 0 Å². The second-order valence-corrected chi connectivity index (χ2v) is 6.52. The lowest BCUT2D eigenvalue weighted by Crippen LogP contribution is -2.41. The molecule has 0 aliphatic heterocycles. The summed E-state index contributed by atoms with van der Waals surface area (Å²) in [6.07, 6.45) is 0.933. The van der Waals surface area contributed by atoms with E-state index < -0.39 is 0 Å². The fourth-order valence-corrected chi connectivity index (χ4v) is 1.92. The molecule has 0 radical (unpaired) electrons. The van der Waals surface area contributed by atoms with E-state index in [1.807, 2.05) is 13.8 Å². The predicted molar refractivity (Wildman–Crippen MR) is 85.0 cm³/mol. The summed E-state index contributed by atoms with van der Waals surface area (Å²) >= 11 is 0. The topological polar surface area (TPSA) is 41.1 Å². The molecule has 0 aliphatic rings. The zero-order valence-electron chi connectivity index (χ0n) is 13.6. The zero-order chi connectivity index (χ0) is 15.3. The molecule has 0 heterocycles. The quantitative estimate of drug-likeness (QED) is 0.852. The molecule has 3 nitrogen and oxygen atoms in total. The van der Waals surface area contributed by atoms with Gasteiger partial charge in [0.15, 0.2) is 0 Å². The van der Waals surface area contributed by atoms with Gasteiger partial charge in [-0.3, -0.25) is 0 Å². The molecule has 2 amide bonds. The van der Waals surface area contributed by atoms with Crippen molar-refractivity contribution in [2.45, 2.75) is 65.5 Å². The van der Waals surface area contributed by atoms with Gasteiger partial charge in [0.05, 0.1) is 6.04 Å². The molecule has 20 heavy (non-hydrogen) atoms. The lowest BCUT2D eigenvalue weighted by atomic mass is 9.86. The number of carbonyl (C=O) groups excluding carboxylic acids is 1. The first-order chi connectivity index (χ1) is 9.24. The van der Waals surface area contributed by atoms with Crippen LogP contribution < -0.4 is 10.6 Å². The lowest BCUT2D eigenvalue weighted by Gasteiger charge is -2.21. The highest BCUT2D eigenvalue weighted by Crippen LogP contribution is 2.23. The molecule has 0 bridgehead atoms. The average molecular weight is 276 g/mol. The van der Waals surface area contributed by atoms with Crippen LogP contribution in [0.4, 0.5) is 4.79 Å². The van der Waals surface area contributed by atoms with Crippen LogP contribution >= 0.6 is 0 Å². The Bertz CT molecular complexity index is 431. The molecule has 3 heteroatoms. The third-order valence-corrected chi connectivity index (χ3v) is 3.61. The molecule has 0 spiro atoms. The van der Waals surface area contributed by atoms with E-state index in [1.54, 1.807) is 0 Å². The van der Waals surface area contributed by atoms with Crippen LogP contribution in [0.25, 0.3) is 0 Å². The van der Waals surface area contributed by atoms with Gasteiger partial charge >= 0.3 is 6.03 Å². The van der Waals surface area contributed by atoms with Gasteiger partial charge in [0.1, 0.15) is 0 Å². The van der Waals surface area contributed by atoms with Crippen LogP contribution in [-0.4, -0.2) is 12.1 Å². The molecule has 1 rings (SSSR count). The number of benzene rings is 1. The summed E-state index contributed by atoms with van der Waals surface area (Å²) in [6.45, 7) is 12.7. The first kappa shape index (κ1) is 16.5. The Labute approximate surface area is 123 Å². The second-order valence-electron chi connectivity index (χ2n) is 6.52. The average Bonchev–Trinajstić information content (AvgIpc) is 2.37. The highest BCUT2D eigenvalue weighted by molar-refractivity contribution is 5.74. The third kappa shape index (κ3) is 4.87. The van der Waals surface area contributed by atoms with Crippen molar-refractivity contribution >= 4 is 6.03 Å². The molecule has 0 aliphatic carbocycles. The van der Waals surface area contributed by atoms with Gasteiger partial charge in [0, 0.05) is 6.04 Å². The van der Waals surface area contributed by atoms with Gasteiger partial charge in [-0.2, -0.15) is 0 Å². The summed E-state index contributed by atoms with van der Waals surface area (Å²) < 4.78 is 0. The Morgan fingerprint density at radius 1 is 1.10 bits per heavy atom. The maximum Gasteiger partial charge on any atom is 0.315 e. The van der Waals surface area contributed by atoms with E-state index in [9.17, 15) is 4.79 Å². The number of urea groups is 1. The van der Waals surface area contributed by atoms with Gasteiger partial charge in [-0.25, -0.2) is 4.79 Å². The minimum Gasteiger partial charge on any atom is -0.336 e. The summed E-state index contributed by atoms with van der Waals surface area (Å²) in [6, 6.07) is 8.56. The third-order valence-electron chi connectivity index (χ3n) is 3.61. The molecule has 1 aromatic carbocycles. The number of hydrogen-bond acceptors (Lipinski definition) is 1. The minimum absolute atomic E-state index is 0.00748. The van der Waals surface area contributed by atoms with Crippen LogP contribution in [0, 0.1) is 0 Å². The largest absolute Gasteiger partial charge is 0.336 e. The van der Waals surface area contributed by atoms with Crippen LogP contribution in [0.5, 0.6) is 0 Å². The van der Waals surface area contributed by atoms with E-state index in [1.165, 1.54) is 5.56 Å². The molecule has 2 atom stereocenters. The standard InChI is InChI=1S/C17H28N2O/c1-7-12(2)18-16(20)19-13(3)14-8-10-15(11-9-14)17(4,5)6/h8-13H,7H2,1-6H3,(H2,18,19,20)/t12-,13-/m1/s1. The molecule has 0 saturated heterocycles. The molecule has 0 fully saturated rings. The Balaban J connectivity index is 2.64. The first-order valence-corrected chi connectivity index (χ1v) is 7.41. The van der Waals surface area contributed by atoms with E-state index in [4.69, 9.17) is 0 Å². The van der Waals surface area contributed by atoms with Crippen molar-refractivity contribution in [2.24, 2.45) is 0 Å². The summed E-state index contributed by atoms with van der Waals surface area (Å²) in [5, 5.41) is 5.89. The van der Waals surface area contributed by atoms with E-state index in [2.05, 4.69) is 62.6 Å². The van der Waals surface area contributed by atoms with Gasteiger partial charge in [0.2, 0.25) is 0 Å². The van der Waals surface area contributed by atoms with Crippen LogP contribution in [0.1, 0.15) is 65.1 Å². The Morgan fingerprint density at radius 3 is 2.10 bits per heavy atom. The highest BCUT2D eigenvalue weighted by atomic mass is 16.2. The first-order valence-electron chi connectivity index (χ1n) is 7.41. The fourth-order valence-electron chi connectivity index (χ4n) is 1.92. The van der Waals surface area contributed by atoms with E-state index >= 15 is 0 Å². The monoisotopic (exact) mass is 276 g/mol. The molecule has 1 aromatic rings. The van der Waals surface area contributed by atoms with Crippen molar-refractivity contribution in [3.05, 3.63) is 35.4 Å². The van der Waals surface area contributed by atoms with Crippen LogP contribution in [0.2, 0.25) is 0 Å². The van der Waals surface area contributed by atoms with E-state index in [0.29, 0.717) is 0 Å². The Morgan fingerprint density at radius 2 is 1.65 bits per heavy atom. The van der Waals surface area contributed by atoms with Crippen molar-refractivity contribution in [3.63, 3.8) is 0 Å². The summed E-state index contributed by atoms with van der Waals surface area (Å²) in [5.41, 5.74) is 2.58. The van der Waals surface area contributed by atoms with Gasteiger partial charge in [-0.05, 0) is 36.8 Å². The molecule has 0 saturated carbocycles. The summed E-state index contributed by atoms with van der Waals surface area (Å²) in [5.74, 6) is 0. The number of nitrogens with one attached hydrogen (secondary N) is 2. The number of carbonyl (C=O) groups is 1. The zero-order valence-corrected chi connectivity index (χ0v) is 13.6. The van der Waals surface area contributed by atoms with E-state index in [0.717, 1.165) is 12.0 Å². The highest BCUT2D eigenvalue weighted by Gasteiger charge is 2.15. The number of rotatable bonds is 4. The predicted octanol–water partition coefficient (Wildman–Crippen LogP) is 4.14. The molecule has 0 unspecified atom stereocenters. The van der Waals surface area contributed by atoms with Crippen molar-refractivity contribution in [3.8, 4) is 0 Å². The van der Waals surface area contributed by atoms with Gasteiger partial charge in [0.25, 0.3) is 0 Å². The Kier molecular flexibility index (Phi) is 5.61.